The largest absolute Gasteiger partial charge is 0.497 e. The predicted octanol–water partition coefficient (Wildman–Crippen LogP) is 4.59. The summed E-state index contributed by atoms with van der Waals surface area (Å²) in [6, 6.07) is 21.8. The minimum absolute atomic E-state index is 0.120. The van der Waals surface area contributed by atoms with Gasteiger partial charge in [0.2, 0.25) is 6.04 Å². The zero-order valence-electron chi connectivity index (χ0n) is 17.5. The molecule has 32 heavy (non-hydrogen) atoms. The lowest BCUT2D eigenvalue weighted by Crippen LogP contribution is -2.44. The van der Waals surface area contributed by atoms with Gasteiger partial charge in [-0.3, -0.25) is 14.9 Å². The molecule has 160 valence electrons. The number of carbonyl (C=O) groups is 1. The van der Waals surface area contributed by atoms with Crippen LogP contribution in [0.5, 0.6) is 5.75 Å². The SMILES string of the molecule is COc1ccc([C@H]2[C@@H]([N+](=O)[O-])[C@H]3C=Cc4ccccc4N3[C@@H]2C(=O)c2ccccc2)cc1. The van der Waals surface area contributed by atoms with Crippen molar-refractivity contribution in [1.82, 2.24) is 0 Å². The molecule has 5 rings (SSSR count). The summed E-state index contributed by atoms with van der Waals surface area (Å²) in [7, 11) is 1.58. The smallest absolute Gasteiger partial charge is 0.245 e. The number of methoxy groups -OCH3 is 1. The van der Waals surface area contributed by atoms with Crippen LogP contribution in [0.3, 0.4) is 0 Å². The first-order chi connectivity index (χ1) is 15.6. The molecule has 6 nitrogen and oxygen atoms in total. The van der Waals surface area contributed by atoms with E-state index in [9.17, 15) is 14.9 Å². The van der Waals surface area contributed by atoms with Crippen molar-refractivity contribution in [3.05, 3.63) is 112 Å². The van der Waals surface area contributed by atoms with Crippen LogP contribution in [-0.2, 0) is 0 Å². The average Bonchev–Trinajstić information content (AvgIpc) is 3.20. The van der Waals surface area contributed by atoms with E-state index in [4.69, 9.17) is 4.74 Å². The Kier molecular flexibility index (Phi) is 4.98. The molecule has 3 aromatic carbocycles. The maximum absolute atomic E-state index is 13.9. The van der Waals surface area contributed by atoms with Crippen molar-refractivity contribution in [2.45, 2.75) is 24.0 Å². The standard InChI is InChI=1S/C26H22N2O4/c1-32-20-14-11-18(12-15-20)23-24(28(30)31)22-16-13-17-7-5-6-10-21(17)27(22)25(23)26(29)19-8-3-2-4-9-19/h2-16,22-25H,1H3/t22-,23+,24+,25+/m1/s1. The lowest BCUT2D eigenvalue weighted by molar-refractivity contribution is -0.524. The molecule has 1 saturated heterocycles. The Labute approximate surface area is 185 Å². The third kappa shape index (κ3) is 3.15. The number of nitro groups is 1. The minimum Gasteiger partial charge on any atom is -0.497 e. The molecule has 0 unspecified atom stereocenters. The molecule has 4 atom stereocenters. The summed E-state index contributed by atoms with van der Waals surface area (Å²) in [6.45, 7) is 0. The monoisotopic (exact) mass is 426 g/mol. The Hall–Kier alpha value is -3.93. The second kappa shape index (κ2) is 7.96. The molecule has 2 heterocycles. The van der Waals surface area contributed by atoms with Crippen LogP contribution in [0.15, 0.2) is 84.9 Å². The highest BCUT2D eigenvalue weighted by Crippen LogP contribution is 2.47. The molecular weight excluding hydrogens is 404 g/mol. The number of hydrogen-bond acceptors (Lipinski definition) is 5. The van der Waals surface area contributed by atoms with Crippen molar-refractivity contribution in [2.24, 2.45) is 0 Å². The van der Waals surface area contributed by atoms with E-state index in [1.165, 1.54) is 0 Å². The zero-order valence-corrected chi connectivity index (χ0v) is 17.5. The summed E-state index contributed by atoms with van der Waals surface area (Å²) in [6.07, 6.45) is 3.79. The van der Waals surface area contributed by atoms with Gasteiger partial charge >= 0.3 is 0 Å². The van der Waals surface area contributed by atoms with Gasteiger partial charge in [-0.15, -0.1) is 0 Å². The lowest BCUT2D eigenvalue weighted by Gasteiger charge is -2.34. The number of ether oxygens (including phenoxy) is 1. The molecule has 0 amide bonds. The topological polar surface area (TPSA) is 72.7 Å². The van der Waals surface area contributed by atoms with Gasteiger partial charge in [0.05, 0.1) is 13.0 Å². The van der Waals surface area contributed by atoms with Crippen molar-refractivity contribution in [3.8, 4) is 5.75 Å². The number of rotatable bonds is 5. The molecule has 6 heteroatoms. The molecule has 3 aromatic rings. The van der Waals surface area contributed by atoms with Crippen LogP contribution in [0.4, 0.5) is 5.69 Å². The van der Waals surface area contributed by atoms with Crippen LogP contribution in [0.2, 0.25) is 0 Å². The number of para-hydroxylation sites is 1. The van der Waals surface area contributed by atoms with Crippen molar-refractivity contribution in [1.29, 1.82) is 0 Å². The highest BCUT2D eigenvalue weighted by Gasteiger charge is 2.58. The maximum atomic E-state index is 13.9. The first-order valence-corrected chi connectivity index (χ1v) is 10.5. The Balaban J connectivity index is 1.71. The van der Waals surface area contributed by atoms with E-state index in [0.29, 0.717) is 11.3 Å². The van der Waals surface area contributed by atoms with E-state index < -0.39 is 24.0 Å². The van der Waals surface area contributed by atoms with Gasteiger partial charge in [-0.1, -0.05) is 72.8 Å². The summed E-state index contributed by atoms with van der Waals surface area (Å²) in [5, 5.41) is 12.4. The van der Waals surface area contributed by atoms with Gasteiger partial charge in [0.25, 0.3) is 0 Å². The summed E-state index contributed by atoms with van der Waals surface area (Å²) in [5.41, 5.74) is 3.09. The number of nitrogens with zero attached hydrogens (tertiary/aromatic N) is 2. The lowest BCUT2D eigenvalue weighted by atomic mass is 9.83. The fourth-order valence-corrected chi connectivity index (χ4v) is 5.03. The summed E-state index contributed by atoms with van der Waals surface area (Å²) in [4.78, 5) is 28.0. The van der Waals surface area contributed by atoms with E-state index in [1.54, 1.807) is 31.4 Å². The van der Waals surface area contributed by atoms with E-state index >= 15 is 0 Å². The van der Waals surface area contributed by atoms with Crippen LogP contribution < -0.4 is 9.64 Å². The molecule has 0 aliphatic carbocycles. The molecule has 0 spiro atoms. The molecule has 0 bridgehead atoms. The van der Waals surface area contributed by atoms with Gasteiger partial charge in [-0.05, 0) is 29.3 Å². The summed E-state index contributed by atoms with van der Waals surface area (Å²) in [5.74, 6) is -0.0754. The molecular formula is C26H22N2O4. The fourth-order valence-electron chi connectivity index (χ4n) is 5.03. The molecule has 2 aliphatic heterocycles. The second-order valence-electron chi connectivity index (χ2n) is 8.07. The molecule has 1 fully saturated rings. The van der Waals surface area contributed by atoms with Crippen molar-refractivity contribution in [3.63, 3.8) is 0 Å². The van der Waals surface area contributed by atoms with E-state index in [-0.39, 0.29) is 10.7 Å². The van der Waals surface area contributed by atoms with Gasteiger partial charge in [0, 0.05) is 16.2 Å². The van der Waals surface area contributed by atoms with Crippen LogP contribution in [-0.4, -0.2) is 35.9 Å². The van der Waals surface area contributed by atoms with Gasteiger partial charge < -0.3 is 9.64 Å². The van der Waals surface area contributed by atoms with Crippen LogP contribution in [0.25, 0.3) is 6.08 Å². The quantitative estimate of drug-likeness (QED) is 0.339. The van der Waals surface area contributed by atoms with Gasteiger partial charge in [0.15, 0.2) is 5.78 Å². The predicted molar refractivity (Wildman–Crippen MR) is 123 cm³/mol. The molecule has 0 saturated carbocycles. The molecule has 0 radical (unpaired) electrons. The Morgan fingerprint density at radius 1 is 0.969 bits per heavy atom. The van der Waals surface area contributed by atoms with Gasteiger partial charge in [-0.2, -0.15) is 0 Å². The highest BCUT2D eigenvalue weighted by molar-refractivity contribution is 6.04. The number of carbonyl (C=O) groups excluding carboxylic acids is 1. The van der Waals surface area contributed by atoms with E-state index in [2.05, 4.69) is 0 Å². The van der Waals surface area contributed by atoms with Crippen LogP contribution in [0, 0.1) is 10.1 Å². The maximum Gasteiger partial charge on any atom is 0.245 e. The average molecular weight is 426 g/mol. The van der Waals surface area contributed by atoms with Crippen molar-refractivity contribution in [2.75, 3.05) is 12.0 Å². The van der Waals surface area contributed by atoms with Crippen molar-refractivity contribution >= 4 is 17.5 Å². The third-order valence-electron chi connectivity index (χ3n) is 6.44. The Bertz CT molecular complexity index is 1190. The van der Waals surface area contributed by atoms with Crippen molar-refractivity contribution < 1.29 is 14.5 Å². The van der Waals surface area contributed by atoms with Crippen LogP contribution >= 0.6 is 0 Å². The first kappa shape index (κ1) is 20.0. The van der Waals surface area contributed by atoms with E-state index in [1.807, 2.05) is 71.6 Å². The second-order valence-corrected chi connectivity index (χ2v) is 8.07. The highest BCUT2D eigenvalue weighted by atomic mass is 16.6. The number of benzene rings is 3. The Morgan fingerprint density at radius 3 is 2.34 bits per heavy atom. The zero-order chi connectivity index (χ0) is 22.2. The number of fused-ring (bicyclic) bond motifs is 3. The minimum atomic E-state index is -0.967. The summed E-state index contributed by atoms with van der Waals surface area (Å²) >= 11 is 0. The van der Waals surface area contributed by atoms with E-state index in [0.717, 1.165) is 16.8 Å². The van der Waals surface area contributed by atoms with Gasteiger partial charge in [-0.25, -0.2) is 0 Å². The molecule has 0 aromatic heterocycles. The number of Topliss-reactive ketones (excluding diaryl/α,β-unsaturated/α-hetero) is 1. The number of anilines is 1. The molecule has 2 aliphatic rings. The number of ketones is 1. The Morgan fingerprint density at radius 2 is 1.66 bits per heavy atom. The first-order valence-electron chi connectivity index (χ1n) is 10.5. The number of hydrogen-bond donors (Lipinski definition) is 0. The summed E-state index contributed by atoms with van der Waals surface area (Å²) < 4.78 is 5.27. The molecule has 0 N–H and O–H groups in total. The fraction of sp³-hybridized carbons (Fsp3) is 0.192. The third-order valence-corrected chi connectivity index (χ3v) is 6.44. The van der Waals surface area contributed by atoms with Gasteiger partial charge in [0.1, 0.15) is 17.8 Å². The normalized spacial score (nSPS) is 23.3. The van der Waals surface area contributed by atoms with Crippen LogP contribution in [0.1, 0.15) is 27.4 Å².